The molecule has 7 nitrogen and oxygen atoms in total. The molecule has 0 fully saturated rings. The fourth-order valence-corrected chi connectivity index (χ4v) is 2.31. The Morgan fingerprint density at radius 1 is 0.960 bits per heavy atom. The summed E-state index contributed by atoms with van der Waals surface area (Å²) in [7, 11) is -3.38. The maximum absolute atomic E-state index is 11.9. The predicted octanol–water partition coefficient (Wildman–Crippen LogP) is -1.03. The van der Waals surface area contributed by atoms with Gasteiger partial charge in [-0.2, -0.15) is 0 Å². The number of ether oxygens (including phenoxy) is 1. The van der Waals surface area contributed by atoms with Crippen molar-refractivity contribution < 1.29 is 38.0 Å². The van der Waals surface area contributed by atoms with Gasteiger partial charge in [-0.05, 0) is 19.1 Å². The standard InChI is InChI=1S/C17H14O3.ClHO4/c1-11-14(18)10-16-13(17(11)19-2)8-9-15(20-16)12-6-4-3-5-7-12;2-1(3,4)5/h3-10H,1-2H3;(H,2,3,4,5)/p-1. The lowest BCUT2D eigenvalue weighted by Crippen LogP contribution is -2.68. The molecule has 0 N–H and O–H groups in total. The Bertz CT molecular complexity index is 863. The number of hydrogen-bond donors (Lipinski definition) is 0. The Hall–Kier alpha value is -2.42. The van der Waals surface area contributed by atoms with Crippen LogP contribution in [0.5, 0.6) is 5.75 Å². The van der Waals surface area contributed by atoms with Crippen molar-refractivity contribution in [2.45, 2.75) is 6.92 Å². The molecular weight excluding hydrogens is 352 g/mol. The molecule has 1 aromatic rings. The topological polar surface area (TPSA) is 132 Å². The Balaban J connectivity index is 0.000000399. The van der Waals surface area contributed by atoms with Gasteiger partial charge in [0.1, 0.15) is 17.3 Å². The largest absolute Gasteiger partial charge is 0.496 e. The van der Waals surface area contributed by atoms with E-state index in [2.05, 4.69) is 0 Å². The number of hydrogen-bond acceptors (Lipinski definition) is 7. The van der Waals surface area contributed by atoms with E-state index in [1.165, 1.54) is 6.07 Å². The summed E-state index contributed by atoms with van der Waals surface area (Å²) in [4.78, 5) is 11.9. The van der Waals surface area contributed by atoms with Gasteiger partial charge in [0.25, 0.3) is 0 Å². The average Bonchev–Trinajstić information content (AvgIpc) is 2.55. The van der Waals surface area contributed by atoms with Gasteiger partial charge in [-0.15, -0.1) is 10.2 Å². The second-order valence-electron chi connectivity index (χ2n) is 4.99. The zero-order chi connectivity index (χ0) is 18.6. The molecule has 1 aliphatic heterocycles. The van der Waals surface area contributed by atoms with Crippen LogP contribution in [0.15, 0.2) is 57.7 Å². The van der Waals surface area contributed by atoms with E-state index >= 15 is 0 Å². The highest BCUT2D eigenvalue weighted by Crippen LogP contribution is 2.35. The smallest absolute Gasteiger partial charge is 0.188 e. The van der Waals surface area contributed by atoms with E-state index in [9.17, 15) is 4.79 Å². The number of methoxy groups -OCH3 is 1. The number of fused-ring (bicyclic) bond motifs is 1. The molecule has 132 valence electrons. The molecule has 0 saturated carbocycles. The molecule has 0 atom stereocenters. The minimum absolute atomic E-state index is 0.0803. The third-order valence-corrected chi connectivity index (χ3v) is 3.37. The molecule has 0 unspecified atom stereocenters. The minimum Gasteiger partial charge on any atom is -0.496 e. The molecule has 0 radical (unpaired) electrons. The molecule has 0 spiro atoms. The van der Waals surface area contributed by atoms with E-state index in [-0.39, 0.29) is 5.43 Å². The summed E-state index contributed by atoms with van der Waals surface area (Å²) in [6, 6.07) is 15.1. The molecule has 2 aliphatic rings. The van der Waals surface area contributed by atoms with Crippen molar-refractivity contribution in [3.63, 3.8) is 0 Å². The Kier molecular flexibility index (Phi) is 5.78. The SMILES string of the molecule is COc1c2ccc(-c3ccccc3)oc-2cc(=O)c1C.[O-][Cl+3]([O-])([O-])[O-]. The lowest BCUT2D eigenvalue weighted by molar-refractivity contribution is -2.00. The summed E-state index contributed by atoms with van der Waals surface area (Å²) >= 11 is 0. The fourth-order valence-electron chi connectivity index (χ4n) is 2.31. The van der Waals surface area contributed by atoms with Gasteiger partial charge in [0.2, 0.25) is 0 Å². The van der Waals surface area contributed by atoms with Gasteiger partial charge in [0, 0.05) is 17.2 Å². The second kappa shape index (κ2) is 7.64. The van der Waals surface area contributed by atoms with Crippen molar-refractivity contribution in [3.8, 4) is 28.4 Å². The highest BCUT2D eigenvalue weighted by Gasteiger charge is 2.17. The van der Waals surface area contributed by atoms with Gasteiger partial charge in [0.15, 0.2) is 5.43 Å². The van der Waals surface area contributed by atoms with Crippen LogP contribution in [0.25, 0.3) is 22.6 Å². The van der Waals surface area contributed by atoms with Gasteiger partial charge >= 0.3 is 0 Å². The van der Waals surface area contributed by atoms with Gasteiger partial charge in [0.05, 0.1) is 12.7 Å². The van der Waals surface area contributed by atoms with Crippen LogP contribution in [0, 0.1) is 17.2 Å². The van der Waals surface area contributed by atoms with Crippen LogP contribution in [0.4, 0.5) is 0 Å². The van der Waals surface area contributed by atoms with Crippen molar-refractivity contribution in [3.05, 3.63) is 64.3 Å². The minimum atomic E-state index is -4.94. The van der Waals surface area contributed by atoms with Crippen LogP contribution in [0.2, 0.25) is 0 Å². The molecule has 3 rings (SSSR count). The monoisotopic (exact) mass is 365 g/mol. The molecule has 1 aromatic carbocycles. The highest BCUT2D eigenvalue weighted by atomic mass is 35.7. The molecule has 25 heavy (non-hydrogen) atoms. The summed E-state index contributed by atoms with van der Waals surface area (Å²) < 4.78 is 45.1. The van der Waals surface area contributed by atoms with Crippen molar-refractivity contribution in [1.29, 1.82) is 0 Å². The third-order valence-electron chi connectivity index (χ3n) is 3.37. The fraction of sp³-hybridized carbons (Fsp3) is 0.118. The summed E-state index contributed by atoms with van der Waals surface area (Å²) in [5, 5.41) is 0. The lowest BCUT2D eigenvalue weighted by atomic mass is 10.0. The van der Waals surface area contributed by atoms with Crippen LogP contribution < -0.4 is 28.8 Å². The van der Waals surface area contributed by atoms with Crippen molar-refractivity contribution in [2.75, 3.05) is 7.11 Å². The van der Waals surface area contributed by atoms with Crippen molar-refractivity contribution in [2.24, 2.45) is 0 Å². The first-order valence-electron chi connectivity index (χ1n) is 6.99. The summed E-state index contributed by atoms with van der Waals surface area (Å²) in [5.74, 6) is 1.85. The number of rotatable bonds is 2. The van der Waals surface area contributed by atoms with Gasteiger partial charge < -0.3 is 9.15 Å². The highest BCUT2D eigenvalue weighted by molar-refractivity contribution is 5.72. The normalized spacial score (nSPS) is 11.0. The quantitative estimate of drug-likeness (QED) is 0.567. The van der Waals surface area contributed by atoms with Crippen molar-refractivity contribution in [1.82, 2.24) is 0 Å². The Morgan fingerprint density at radius 2 is 1.56 bits per heavy atom. The second-order valence-corrected chi connectivity index (χ2v) is 5.74. The van der Waals surface area contributed by atoms with Crippen LogP contribution in [-0.4, -0.2) is 7.11 Å². The van der Waals surface area contributed by atoms with E-state index in [1.54, 1.807) is 14.0 Å². The van der Waals surface area contributed by atoms with E-state index in [0.29, 0.717) is 17.1 Å². The number of halogens is 1. The first kappa shape index (κ1) is 18.9. The zero-order valence-corrected chi connectivity index (χ0v) is 14.1. The molecular formula is C17H14ClO7-. The third kappa shape index (κ3) is 5.02. The zero-order valence-electron chi connectivity index (χ0n) is 13.4. The summed E-state index contributed by atoms with van der Waals surface area (Å²) in [6.45, 7) is 1.76. The maximum Gasteiger partial charge on any atom is 0.188 e. The van der Waals surface area contributed by atoms with Gasteiger partial charge in [-0.25, -0.2) is 18.6 Å². The molecule has 8 heteroatoms. The predicted molar refractivity (Wildman–Crippen MR) is 78.3 cm³/mol. The summed E-state index contributed by atoms with van der Waals surface area (Å²) in [5.41, 5.74) is 2.30. The van der Waals surface area contributed by atoms with Crippen LogP contribution >= 0.6 is 0 Å². The van der Waals surface area contributed by atoms with E-state index in [0.717, 1.165) is 16.9 Å². The molecule has 1 aliphatic carbocycles. The molecule has 0 bridgehead atoms. The Labute approximate surface area is 145 Å². The van der Waals surface area contributed by atoms with Crippen molar-refractivity contribution >= 4 is 0 Å². The molecule has 1 heterocycles. The van der Waals surface area contributed by atoms with E-state index in [4.69, 9.17) is 27.8 Å². The average molecular weight is 366 g/mol. The maximum atomic E-state index is 11.9. The molecule has 0 aromatic heterocycles. The number of benzene rings is 2. The Morgan fingerprint density at radius 3 is 2.12 bits per heavy atom. The summed E-state index contributed by atoms with van der Waals surface area (Å²) in [6.07, 6.45) is 0. The van der Waals surface area contributed by atoms with Crippen LogP contribution in [-0.2, 0) is 0 Å². The van der Waals surface area contributed by atoms with E-state index in [1.807, 2.05) is 42.5 Å². The first-order chi connectivity index (χ1) is 11.7. The van der Waals surface area contributed by atoms with E-state index < -0.39 is 10.2 Å². The van der Waals surface area contributed by atoms with Gasteiger partial charge in [-0.1, -0.05) is 30.3 Å². The van der Waals surface area contributed by atoms with Crippen LogP contribution in [0.3, 0.4) is 0 Å². The molecule has 0 saturated heterocycles. The first-order valence-corrected chi connectivity index (χ1v) is 8.23. The lowest BCUT2D eigenvalue weighted by Gasteiger charge is -2.17. The molecule has 0 amide bonds. The van der Waals surface area contributed by atoms with Crippen LogP contribution in [0.1, 0.15) is 5.56 Å². The van der Waals surface area contributed by atoms with Gasteiger partial charge in [-0.3, -0.25) is 4.79 Å².